The molecule has 6 nitrogen and oxygen atoms in total. The highest BCUT2D eigenvalue weighted by Crippen LogP contribution is 2.32. The minimum atomic E-state index is -3.38. The Bertz CT molecular complexity index is 1160. The Morgan fingerprint density at radius 3 is 2.34 bits per heavy atom. The summed E-state index contributed by atoms with van der Waals surface area (Å²) in [5.74, 6) is -1.92. The zero-order valence-corrected chi connectivity index (χ0v) is 17.7. The van der Waals surface area contributed by atoms with Crippen LogP contribution >= 0.6 is 11.3 Å². The Morgan fingerprint density at radius 2 is 1.76 bits per heavy atom. The second-order valence-electron chi connectivity index (χ2n) is 6.79. The predicted octanol–water partition coefficient (Wildman–Crippen LogP) is 3.19. The third-order valence-corrected chi connectivity index (χ3v) is 6.33. The number of halogens is 2. The van der Waals surface area contributed by atoms with E-state index in [2.05, 4.69) is 4.98 Å². The zero-order valence-electron chi connectivity index (χ0n) is 16.0. The summed E-state index contributed by atoms with van der Waals surface area (Å²) in [7, 11) is 0.304. The monoisotopic (exact) mass is 439 g/mol. The number of carbonyl (C=O) groups excluding carboxylic acids is 1. The van der Waals surface area contributed by atoms with Crippen molar-refractivity contribution in [2.45, 2.75) is 4.90 Å². The van der Waals surface area contributed by atoms with E-state index in [4.69, 9.17) is 0 Å². The van der Waals surface area contributed by atoms with Crippen molar-refractivity contribution in [3.63, 3.8) is 0 Å². The molecule has 1 amide bonds. The summed E-state index contributed by atoms with van der Waals surface area (Å²) in [5.41, 5.74) is 0.267. The standard InChI is InChI=1S/C19H19F2N3O3S2/c1-23(2)8-9-24(18(25)12-4-6-14(7-5-12)29(3,26)27)19-22-17-15(21)10-13(20)11-16(17)28-19/h4-7,10-11H,8-9H2,1-3H3. The highest BCUT2D eigenvalue weighted by molar-refractivity contribution is 7.90. The normalized spacial score (nSPS) is 11.9. The van der Waals surface area contributed by atoms with Crippen LogP contribution < -0.4 is 4.90 Å². The zero-order chi connectivity index (χ0) is 21.3. The van der Waals surface area contributed by atoms with Crippen LogP contribution in [0.2, 0.25) is 0 Å². The number of carbonyl (C=O) groups is 1. The van der Waals surface area contributed by atoms with Crippen LogP contribution in [0.25, 0.3) is 10.2 Å². The Morgan fingerprint density at radius 1 is 1.10 bits per heavy atom. The molecule has 0 aliphatic carbocycles. The Labute approximate surface area is 171 Å². The molecule has 0 saturated carbocycles. The van der Waals surface area contributed by atoms with Gasteiger partial charge in [0.05, 0.1) is 9.60 Å². The van der Waals surface area contributed by atoms with Crippen molar-refractivity contribution in [1.29, 1.82) is 0 Å². The van der Waals surface area contributed by atoms with Crippen molar-refractivity contribution < 1.29 is 22.0 Å². The quantitative estimate of drug-likeness (QED) is 0.590. The van der Waals surface area contributed by atoms with E-state index in [0.29, 0.717) is 11.2 Å². The largest absolute Gasteiger partial charge is 0.308 e. The number of rotatable bonds is 6. The van der Waals surface area contributed by atoms with Gasteiger partial charge in [-0.1, -0.05) is 11.3 Å². The van der Waals surface area contributed by atoms with E-state index in [9.17, 15) is 22.0 Å². The molecule has 0 unspecified atom stereocenters. The van der Waals surface area contributed by atoms with E-state index in [0.717, 1.165) is 23.7 Å². The number of anilines is 1. The van der Waals surface area contributed by atoms with Gasteiger partial charge in [0.25, 0.3) is 5.91 Å². The molecule has 10 heteroatoms. The molecule has 3 aromatic rings. The van der Waals surface area contributed by atoms with Crippen LogP contribution in [0.15, 0.2) is 41.3 Å². The first-order valence-corrected chi connectivity index (χ1v) is 11.3. The van der Waals surface area contributed by atoms with Crippen LogP contribution in [0.5, 0.6) is 0 Å². The average Bonchev–Trinajstić information content (AvgIpc) is 3.05. The molecule has 0 fully saturated rings. The van der Waals surface area contributed by atoms with Crippen molar-refractivity contribution in [1.82, 2.24) is 9.88 Å². The number of likely N-dealkylation sites (N-methyl/N-ethyl adjacent to an activating group) is 1. The maximum absolute atomic E-state index is 14.1. The van der Waals surface area contributed by atoms with Crippen molar-refractivity contribution in [2.24, 2.45) is 0 Å². The molecule has 154 valence electrons. The SMILES string of the molecule is CN(C)CCN(C(=O)c1ccc(S(C)(=O)=O)cc1)c1nc2c(F)cc(F)cc2s1. The van der Waals surface area contributed by atoms with Crippen LogP contribution in [0.3, 0.4) is 0 Å². The second kappa shape index (κ2) is 8.13. The third-order valence-electron chi connectivity index (χ3n) is 4.18. The molecule has 0 aliphatic rings. The third kappa shape index (κ3) is 4.77. The van der Waals surface area contributed by atoms with Gasteiger partial charge in [-0.25, -0.2) is 22.2 Å². The van der Waals surface area contributed by atoms with Gasteiger partial charge in [0.1, 0.15) is 11.3 Å². The predicted molar refractivity (Wildman–Crippen MR) is 109 cm³/mol. The van der Waals surface area contributed by atoms with Gasteiger partial charge >= 0.3 is 0 Å². The van der Waals surface area contributed by atoms with E-state index in [1.165, 1.54) is 35.2 Å². The van der Waals surface area contributed by atoms with Crippen LogP contribution in [0.4, 0.5) is 13.9 Å². The molecule has 1 aromatic heterocycles. The number of hydrogen-bond acceptors (Lipinski definition) is 6. The lowest BCUT2D eigenvalue weighted by Gasteiger charge is -2.22. The molecule has 0 saturated heterocycles. The number of nitrogens with zero attached hydrogens (tertiary/aromatic N) is 3. The van der Waals surface area contributed by atoms with Crippen molar-refractivity contribution in [2.75, 3.05) is 38.3 Å². The first-order chi connectivity index (χ1) is 13.6. The summed E-state index contributed by atoms with van der Waals surface area (Å²) in [6, 6.07) is 7.50. The lowest BCUT2D eigenvalue weighted by atomic mass is 10.2. The number of amides is 1. The molecular weight excluding hydrogens is 420 g/mol. The first kappa shape index (κ1) is 21.3. The van der Waals surface area contributed by atoms with Gasteiger partial charge in [0, 0.05) is 31.0 Å². The number of sulfone groups is 1. The smallest absolute Gasteiger partial charge is 0.260 e. The summed E-state index contributed by atoms with van der Waals surface area (Å²) in [6.45, 7) is 0.781. The van der Waals surface area contributed by atoms with Crippen molar-refractivity contribution in [3.8, 4) is 0 Å². The van der Waals surface area contributed by atoms with Gasteiger partial charge in [0.2, 0.25) is 0 Å². The molecule has 0 bridgehead atoms. The number of aromatic nitrogens is 1. The Hall–Kier alpha value is -2.43. The summed E-state index contributed by atoms with van der Waals surface area (Å²) in [5, 5.41) is 0.239. The summed E-state index contributed by atoms with van der Waals surface area (Å²) in [6.07, 6.45) is 1.09. The van der Waals surface area contributed by atoms with Gasteiger partial charge in [-0.2, -0.15) is 0 Å². The van der Waals surface area contributed by atoms with Gasteiger partial charge in [-0.05, 0) is 44.4 Å². The molecule has 1 heterocycles. The summed E-state index contributed by atoms with van der Waals surface area (Å²) >= 11 is 1.02. The number of fused-ring (bicyclic) bond motifs is 1. The maximum atomic E-state index is 14.1. The van der Waals surface area contributed by atoms with E-state index in [1.54, 1.807) is 0 Å². The molecule has 0 atom stereocenters. The van der Waals surface area contributed by atoms with Crippen molar-refractivity contribution >= 4 is 42.4 Å². The molecule has 0 spiro atoms. The molecule has 2 aromatic carbocycles. The highest BCUT2D eigenvalue weighted by atomic mass is 32.2. The minimum Gasteiger partial charge on any atom is -0.308 e. The van der Waals surface area contributed by atoms with Crippen LogP contribution in [0, 0.1) is 11.6 Å². The van der Waals surface area contributed by atoms with E-state index in [1.807, 2.05) is 19.0 Å². The maximum Gasteiger partial charge on any atom is 0.260 e. The lowest BCUT2D eigenvalue weighted by molar-refractivity contribution is 0.0985. The molecular formula is C19H19F2N3O3S2. The van der Waals surface area contributed by atoms with Crippen molar-refractivity contribution in [3.05, 3.63) is 53.6 Å². The van der Waals surface area contributed by atoms with Gasteiger partial charge in [-0.15, -0.1) is 0 Å². The topological polar surface area (TPSA) is 70.6 Å². The average molecular weight is 440 g/mol. The summed E-state index contributed by atoms with van der Waals surface area (Å²) in [4.78, 5) is 20.7. The van der Waals surface area contributed by atoms with Gasteiger partial charge < -0.3 is 4.90 Å². The second-order valence-corrected chi connectivity index (χ2v) is 9.81. The molecule has 0 aliphatic heterocycles. The molecule has 29 heavy (non-hydrogen) atoms. The molecule has 0 radical (unpaired) electrons. The number of thiazole rings is 1. The van der Waals surface area contributed by atoms with Crippen LogP contribution in [-0.4, -0.2) is 57.6 Å². The van der Waals surface area contributed by atoms with E-state index < -0.39 is 27.4 Å². The first-order valence-electron chi connectivity index (χ1n) is 8.58. The van der Waals surface area contributed by atoms with Crippen LogP contribution in [0.1, 0.15) is 10.4 Å². The van der Waals surface area contributed by atoms with Gasteiger partial charge in [0.15, 0.2) is 20.8 Å². The Kier molecular flexibility index (Phi) is 5.97. The van der Waals surface area contributed by atoms with Crippen LogP contribution in [-0.2, 0) is 9.84 Å². The fraction of sp³-hybridized carbons (Fsp3) is 0.263. The highest BCUT2D eigenvalue weighted by Gasteiger charge is 2.23. The fourth-order valence-electron chi connectivity index (χ4n) is 2.65. The van der Waals surface area contributed by atoms with E-state index >= 15 is 0 Å². The van der Waals surface area contributed by atoms with Gasteiger partial charge in [-0.3, -0.25) is 9.69 Å². The minimum absolute atomic E-state index is 0.00137. The van der Waals surface area contributed by atoms with E-state index in [-0.39, 0.29) is 27.7 Å². The number of benzene rings is 2. The molecule has 3 rings (SSSR count). The summed E-state index contributed by atoms with van der Waals surface area (Å²) < 4.78 is 51.1. The molecule has 0 N–H and O–H groups in total. The number of hydrogen-bond donors (Lipinski definition) is 0. The Balaban J connectivity index is 2.01. The lowest BCUT2D eigenvalue weighted by Crippen LogP contribution is -2.36. The fourth-order valence-corrected chi connectivity index (χ4v) is 4.31.